The molecular formula is C17H24Cl2N2O2. The van der Waals surface area contributed by atoms with Crippen LogP contribution in [0.1, 0.15) is 37.7 Å². The summed E-state index contributed by atoms with van der Waals surface area (Å²) in [6.07, 6.45) is 4.61. The molecular weight excluding hydrogens is 335 g/mol. The van der Waals surface area contributed by atoms with Crippen molar-refractivity contribution in [2.75, 3.05) is 13.1 Å². The highest BCUT2D eigenvalue weighted by Crippen LogP contribution is 2.41. The van der Waals surface area contributed by atoms with E-state index in [1.54, 1.807) is 0 Å². The first-order valence-electron chi connectivity index (χ1n) is 8.04. The smallest absolute Gasteiger partial charge is 0.237 e. The molecule has 1 aromatic rings. The average Bonchev–Trinajstić information content (AvgIpc) is 3.15. The van der Waals surface area contributed by atoms with Crippen molar-refractivity contribution in [3.63, 3.8) is 0 Å². The summed E-state index contributed by atoms with van der Waals surface area (Å²) in [5.74, 6) is -0.00940. The van der Waals surface area contributed by atoms with Gasteiger partial charge in [-0.1, -0.05) is 36.6 Å². The molecule has 1 aliphatic heterocycles. The second-order valence-electron chi connectivity index (χ2n) is 6.57. The number of aliphatic hydroxyl groups excluding tert-OH is 1. The lowest BCUT2D eigenvalue weighted by Gasteiger charge is -2.30. The topological polar surface area (TPSA) is 61.4 Å². The highest BCUT2D eigenvalue weighted by Gasteiger charge is 2.37. The summed E-state index contributed by atoms with van der Waals surface area (Å²) < 4.78 is 0. The molecule has 0 aromatic heterocycles. The van der Waals surface area contributed by atoms with Crippen LogP contribution in [0.4, 0.5) is 0 Å². The van der Waals surface area contributed by atoms with Gasteiger partial charge in [-0.15, -0.1) is 12.4 Å². The maximum absolute atomic E-state index is 12.3. The maximum Gasteiger partial charge on any atom is 0.237 e. The first-order valence-corrected chi connectivity index (χ1v) is 8.42. The van der Waals surface area contributed by atoms with Crippen LogP contribution in [0.2, 0.25) is 5.02 Å². The van der Waals surface area contributed by atoms with Crippen LogP contribution in [-0.2, 0) is 10.2 Å². The fourth-order valence-corrected chi connectivity index (χ4v) is 3.92. The van der Waals surface area contributed by atoms with Crippen molar-refractivity contribution in [2.45, 2.75) is 49.7 Å². The summed E-state index contributed by atoms with van der Waals surface area (Å²) in [5, 5.41) is 16.4. The Hall–Kier alpha value is -0.810. The van der Waals surface area contributed by atoms with Crippen molar-refractivity contribution in [3.05, 3.63) is 34.9 Å². The molecule has 1 saturated heterocycles. The van der Waals surface area contributed by atoms with Crippen LogP contribution in [-0.4, -0.2) is 36.2 Å². The van der Waals surface area contributed by atoms with E-state index in [2.05, 4.69) is 16.7 Å². The number of hydrogen-bond acceptors (Lipinski definition) is 3. The van der Waals surface area contributed by atoms with Crippen molar-refractivity contribution in [1.29, 1.82) is 0 Å². The lowest BCUT2D eigenvalue weighted by atomic mass is 9.78. The van der Waals surface area contributed by atoms with Gasteiger partial charge in [-0.3, -0.25) is 4.79 Å². The molecule has 1 aromatic carbocycles. The highest BCUT2D eigenvalue weighted by molar-refractivity contribution is 6.30. The van der Waals surface area contributed by atoms with Crippen molar-refractivity contribution in [1.82, 2.24) is 10.6 Å². The number of benzene rings is 1. The van der Waals surface area contributed by atoms with Gasteiger partial charge in [-0.25, -0.2) is 0 Å². The molecule has 1 heterocycles. The van der Waals surface area contributed by atoms with Gasteiger partial charge >= 0.3 is 0 Å². The van der Waals surface area contributed by atoms with Gasteiger partial charge in [0.1, 0.15) is 0 Å². The molecule has 0 radical (unpaired) electrons. The molecule has 2 unspecified atom stereocenters. The van der Waals surface area contributed by atoms with Gasteiger partial charge in [0.05, 0.1) is 12.1 Å². The quantitative estimate of drug-likeness (QED) is 0.774. The molecule has 3 rings (SSSR count). The molecule has 1 amide bonds. The number of hydrogen-bond donors (Lipinski definition) is 3. The third kappa shape index (κ3) is 4.18. The predicted octanol–water partition coefficient (Wildman–Crippen LogP) is 2.41. The fraction of sp³-hybridized carbons (Fsp3) is 0.588. The Kier molecular flexibility index (Phi) is 6.32. The average molecular weight is 359 g/mol. The van der Waals surface area contributed by atoms with Crippen molar-refractivity contribution < 1.29 is 9.90 Å². The Balaban J connectivity index is 0.00000192. The highest BCUT2D eigenvalue weighted by atomic mass is 35.5. The largest absolute Gasteiger partial charge is 0.392 e. The second kappa shape index (κ2) is 7.84. The van der Waals surface area contributed by atoms with E-state index in [1.807, 2.05) is 18.2 Å². The molecule has 0 bridgehead atoms. The number of carbonyl (C=O) groups is 1. The van der Waals surface area contributed by atoms with E-state index in [0.717, 1.165) is 17.9 Å². The minimum Gasteiger partial charge on any atom is -0.392 e. The van der Waals surface area contributed by atoms with Gasteiger partial charge in [0, 0.05) is 23.5 Å². The van der Waals surface area contributed by atoms with Crippen LogP contribution >= 0.6 is 24.0 Å². The number of β-amino-alcohol motifs (C(OH)–C–C–N with tert-alkyl or cyclic N) is 1. The van der Waals surface area contributed by atoms with E-state index in [1.165, 1.54) is 18.4 Å². The number of amides is 1. The van der Waals surface area contributed by atoms with Gasteiger partial charge in [0.15, 0.2) is 0 Å². The van der Waals surface area contributed by atoms with Crippen LogP contribution in [0.15, 0.2) is 24.3 Å². The third-order valence-electron chi connectivity index (χ3n) is 5.02. The lowest BCUT2D eigenvalue weighted by Crippen LogP contribution is -2.46. The van der Waals surface area contributed by atoms with Crippen LogP contribution in [0.5, 0.6) is 0 Å². The molecule has 2 aliphatic rings. The predicted molar refractivity (Wildman–Crippen MR) is 94.3 cm³/mol. The van der Waals surface area contributed by atoms with Gasteiger partial charge in [0.2, 0.25) is 5.91 Å². The summed E-state index contributed by atoms with van der Waals surface area (Å²) >= 11 is 6.14. The molecule has 0 spiro atoms. The van der Waals surface area contributed by atoms with Gasteiger partial charge < -0.3 is 15.7 Å². The third-order valence-corrected chi connectivity index (χ3v) is 5.26. The van der Waals surface area contributed by atoms with E-state index < -0.39 is 6.10 Å². The minimum atomic E-state index is -0.413. The van der Waals surface area contributed by atoms with Crippen molar-refractivity contribution in [3.8, 4) is 0 Å². The normalized spacial score (nSPS) is 25.8. The summed E-state index contributed by atoms with van der Waals surface area (Å²) in [6.45, 7) is 1.14. The number of halogens is 2. The van der Waals surface area contributed by atoms with Gasteiger partial charge in [-0.2, -0.15) is 0 Å². The van der Waals surface area contributed by atoms with Crippen LogP contribution in [0, 0.1) is 0 Å². The minimum absolute atomic E-state index is 0. The van der Waals surface area contributed by atoms with Crippen LogP contribution in [0.3, 0.4) is 0 Å². The molecule has 2 fully saturated rings. The number of rotatable bonds is 4. The Bertz CT molecular complexity index is 547. The van der Waals surface area contributed by atoms with Crippen LogP contribution < -0.4 is 10.6 Å². The molecule has 6 heteroatoms. The first-order chi connectivity index (χ1) is 10.6. The lowest BCUT2D eigenvalue weighted by molar-refractivity contribution is -0.123. The van der Waals surface area contributed by atoms with Gasteiger partial charge in [-0.05, 0) is 37.0 Å². The van der Waals surface area contributed by atoms with E-state index in [0.29, 0.717) is 19.5 Å². The number of nitrogens with one attached hydrogen (secondary N) is 2. The zero-order valence-electron chi connectivity index (χ0n) is 13.1. The first kappa shape index (κ1) is 18.5. The molecule has 2 atom stereocenters. The SMILES string of the molecule is Cl.O=C(NCC1(c2cccc(Cl)c2)CCCC1)C1CC(O)CN1. The summed E-state index contributed by atoms with van der Waals surface area (Å²) in [5.41, 5.74) is 1.22. The second-order valence-corrected chi connectivity index (χ2v) is 7.00. The summed E-state index contributed by atoms with van der Waals surface area (Å²) in [7, 11) is 0. The van der Waals surface area contributed by atoms with Crippen molar-refractivity contribution >= 4 is 29.9 Å². The van der Waals surface area contributed by atoms with Gasteiger partial charge in [0.25, 0.3) is 0 Å². The number of carbonyl (C=O) groups excluding carboxylic acids is 1. The Labute approximate surface area is 148 Å². The monoisotopic (exact) mass is 358 g/mol. The fourth-order valence-electron chi connectivity index (χ4n) is 3.73. The van der Waals surface area contributed by atoms with Crippen molar-refractivity contribution in [2.24, 2.45) is 0 Å². The molecule has 1 saturated carbocycles. The Morgan fingerprint density at radius 3 is 2.74 bits per heavy atom. The zero-order chi connectivity index (χ0) is 15.6. The standard InChI is InChI=1S/C17H23ClN2O2.ClH/c18-13-5-3-4-12(8-13)17(6-1-2-7-17)11-20-16(22)15-9-14(21)10-19-15;/h3-5,8,14-15,19,21H,1-2,6-7,9-11H2,(H,20,22);1H. The van der Waals surface area contributed by atoms with E-state index in [4.69, 9.17) is 11.6 Å². The Morgan fingerprint density at radius 1 is 1.39 bits per heavy atom. The summed E-state index contributed by atoms with van der Waals surface area (Å²) in [6, 6.07) is 7.73. The summed E-state index contributed by atoms with van der Waals surface area (Å²) in [4.78, 5) is 12.3. The molecule has 3 N–H and O–H groups in total. The van der Waals surface area contributed by atoms with E-state index in [-0.39, 0.29) is 29.8 Å². The molecule has 23 heavy (non-hydrogen) atoms. The molecule has 1 aliphatic carbocycles. The Morgan fingerprint density at radius 2 is 2.13 bits per heavy atom. The molecule has 4 nitrogen and oxygen atoms in total. The molecule has 128 valence electrons. The zero-order valence-corrected chi connectivity index (χ0v) is 14.6. The number of aliphatic hydroxyl groups is 1. The van der Waals surface area contributed by atoms with E-state index in [9.17, 15) is 9.90 Å². The maximum atomic E-state index is 12.3. The van der Waals surface area contributed by atoms with Crippen LogP contribution in [0.25, 0.3) is 0 Å². The van der Waals surface area contributed by atoms with E-state index >= 15 is 0 Å².